The number of rotatable bonds is 7. The van der Waals surface area contributed by atoms with Crippen molar-refractivity contribution in [1.29, 1.82) is 0 Å². The van der Waals surface area contributed by atoms with Crippen LogP contribution in [0.2, 0.25) is 0 Å². The highest BCUT2D eigenvalue weighted by atomic mass is 16.8. The van der Waals surface area contributed by atoms with E-state index in [4.69, 9.17) is 19.9 Å². The van der Waals surface area contributed by atoms with E-state index in [-0.39, 0.29) is 19.3 Å². The van der Waals surface area contributed by atoms with Gasteiger partial charge in [-0.25, -0.2) is 0 Å². The van der Waals surface area contributed by atoms with Crippen LogP contribution in [0.4, 0.5) is 0 Å². The SMILES string of the molecule is CCC(=O)OCC(N)(OC(=O)CC)OC(=O)CC. The Morgan fingerprint density at radius 3 is 1.61 bits per heavy atom. The van der Waals surface area contributed by atoms with Crippen LogP contribution in [-0.4, -0.2) is 30.4 Å². The van der Waals surface area contributed by atoms with Crippen LogP contribution in [0, 0.1) is 0 Å². The molecule has 0 spiro atoms. The molecule has 0 heterocycles. The molecule has 7 nitrogen and oxygen atoms in total. The summed E-state index contributed by atoms with van der Waals surface area (Å²) >= 11 is 0. The monoisotopic (exact) mass is 261 g/mol. The first-order chi connectivity index (χ1) is 8.36. The maximum Gasteiger partial charge on any atom is 0.350 e. The molecular formula is C11H19NO6. The molecule has 0 saturated carbocycles. The van der Waals surface area contributed by atoms with Crippen LogP contribution in [-0.2, 0) is 28.6 Å². The van der Waals surface area contributed by atoms with Crippen LogP contribution in [0.3, 0.4) is 0 Å². The van der Waals surface area contributed by atoms with Gasteiger partial charge in [0.2, 0.25) is 0 Å². The minimum atomic E-state index is -2.06. The van der Waals surface area contributed by atoms with Crippen LogP contribution in [0.1, 0.15) is 40.0 Å². The van der Waals surface area contributed by atoms with Gasteiger partial charge in [-0.05, 0) is 0 Å². The third-order valence-corrected chi connectivity index (χ3v) is 1.87. The van der Waals surface area contributed by atoms with E-state index in [1.807, 2.05) is 0 Å². The van der Waals surface area contributed by atoms with Crippen molar-refractivity contribution in [3.05, 3.63) is 0 Å². The van der Waals surface area contributed by atoms with Crippen LogP contribution >= 0.6 is 0 Å². The van der Waals surface area contributed by atoms with Crippen LogP contribution < -0.4 is 5.73 Å². The average molecular weight is 261 g/mol. The zero-order chi connectivity index (χ0) is 14.2. The maximum atomic E-state index is 11.2. The van der Waals surface area contributed by atoms with Gasteiger partial charge in [0.15, 0.2) is 6.61 Å². The van der Waals surface area contributed by atoms with E-state index in [9.17, 15) is 14.4 Å². The molecule has 0 saturated heterocycles. The standard InChI is InChI=1S/C11H19NO6/c1-4-8(13)16-7-11(12,17-9(14)5-2)18-10(15)6-3/h4-7,12H2,1-3H3. The smallest absolute Gasteiger partial charge is 0.350 e. The van der Waals surface area contributed by atoms with Crippen molar-refractivity contribution >= 4 is 17.9 Å². The summed E-state index contributed by atoms with van der Waals surface area (Å²) in [6.07, 6.45) is 0.258. The Hall–Kier alpha value is -1.63. The fourth-order valence-corrected chi connectivity index (χ4v) is 0.893. The minimum Gasteiger partial charge on any atom is -0.456 e. The van der Waals surface area contributed by atoms with E-state index in [0.717, 1.165) is 0 Å². The first-order valence-corrected chi connectivity index (χ1v) is 5.75. The van der Waals surface area contributed by atoms with Crippen molar-refractivity contribution in [3.63, 3.8) is 0 Å². The van der Waals surface area contributed by atoms with Gasteiger partial charge < -0.3 is 14.2 Å². The molecule has 2 N–H and O–H groups in total. The minimum absolute atomic E-state index is 0.0599. The normalized spacial score (nSPS) is 10.7. The van der Waals surface area contributed by atoms with Gasteiger partial charge in [0.05, 0.1) is 0 Å². The number of hydrogen-bond acceptors (Lipinski definition) is 7. The first-order valence-electron chi connectivity index (χ1n) is 5.75. The number of carbonyl (C=O) groups excluding carboxylic acids is 3. The van der Waals surface area contributed by atoms with Crippen molar-refractivity contribution in [2.75, 3.05) is 6.61 Å². The van der Waals surface area contributed by atoms with E-state index in [2.05, 4.69) is 0 Å². The predicted molar refractivity (Wildman–Crippen MR) is 60.9 cm³/mol. The second-order valence-electron chi connectivity index (χ2n) is 3.48. The highest BCUT2D eigenvalue weighted by Gasteiger charge is 2.35. The Kier molecular flexibility index (Phi) is 6.96. The van der Waals surface area contributed by atoms with Gasteiger partial charge in [-0.3, -0.25) is 20.1 Å². The van der Waals surface area contributed by atoms with Gasteiger partial charge in [-0.2, -0.15) is 0 Å². The molecule has 18 heavy (non-hydrogen) atoms. The van der Waals surface area contributed by atoms with Crippen LogP contribution in [0.25, 0.3) is 0 Å². The lowest BCUT2D eigenvalue weighted by Crippen LogP contribution is -2.52. The topological polar surface area (TPSA) is 105 Å². The zero-order valence-corrected chi connectivity index (χ0v) is 10.9. The molecule has 0 bridgehead atoms. The Bertz CT molecular complexity index is 297. The molecule has 0 rings (SSSR count). The van der Waals surface area contributed by atoms with Crippen molar-refractivity contribution in [1.82, 2.24) is 0 Å². The number of carbonyl (C=O) groups is 3. The number of ether oxygens (including phenoxy) is 3. The Morgan fingerprint density at radius 1 is 0.889 bits per heavy atom. The van der Waals surface area contributed by atoms with Crippen LogP contribution in [0.15, 0.2) is 0 Å². The molecular weight excluding hydrogens is 242 g/mol. The zero-order valence-electron chi connectivity index (χ0n) is 10.9. The highest BCUT2D eigenvalue weighted by molar-refractivity contribution is 5.72. The van der Waals surface area contributed by atoms with Crippen molar-refractivity contribution in [3.8, 4) is 0 Å². The summed E-state index contributed by atoms with van der Waals surface area (Å²) in [5, 5.41) is 0. The molecule has 0 aliphatic rings. The van der Waals surface area contributed by atoms with E-state index in [1.54, 1.807) is 20.8 Å². The Morgan fingerprint density at radius 2 is 1.28 bits per heavy atom. The Labute approximate surface area is 106 Å². The molecule has 0 aromatic carbocycles. The lowest BCUT2D eigenvalue weighted by molar-refractivity contribution is -0.242. The molecule has 0 atom stereocenters. The van der Waals surface area contributed by atoms with Crippen molar-refractivity contribution < 1.29 is 28.6 Å². The quantitative estimate of drug-likeness (QED) is 0.524. The third kappa shape index (κ3) is 6.19. The van der Waals surface area contributed by atoms with Crippen molar-refractivity contribution in [2.45, 2.75) is 45.9 Å². The summed E-state index contributed by atoms with van der Waals surface area (Å²) in [6, 6.07) is 0. The van der Waals surface area contributed by atoms with Gasteiger partial charge in [0, 0.05) is 19.3 Å². The second kappa shape index (κ2) is 7.65. The van der Waals surface area contributed by atoms with Crippen LogP contribution in [0.5, 0.6) is 0 Å². The fraction of sp³-hybridized carbons (Fsp3) is 0.727. The van der Waals surface area contributed by atoms with E-state index in [0.29, 0.717) is 0 Å². The third-order valence-electron chi connectivity index (χ3n) is 1.87. The van der Waals surface area contributed by atoms with Crippen molar-refractivity contribution in [2.24, 2.45) is 5.73 Å². The summed E-state index contributed by atoms with van der Waals surface area (Å²) in [4.78, 5) is 33.4. The number of nitrogens with two attached hydrogens (primary N) is 1. The summed E-state index contributed by atoms with van der Waals surface area (Å²) in [7, 11) is 0. The van der Waals surface area contributed by atoms with Gasteiger partial charge in [-0.1, -0.05) is 20.8 Å². The molecule has 0 aliphatic carbocycles. The number of esters is 3. The first kappa shape index (κ1) is 16.4. The van der Waals surface area contributed by atoms with Gasteiger partial charge >= 0.3 is 23.8 Å². The molecule has 7 heteroatoms. The summed E-state index contributed by atoms with van der Waals surface area (Å²) in [5.74, 6) is -3.92. The Balaban J connectivity index is 4.62. The van der Waals surface area contributed by atoms with Gasteiger partial charge in [0.1, 0.15) is 0 Å². The highest BCUT2D eigenvalue weighted by Crippen LogP contribution is 2.10. The van der Waals surface area contributed by atoms with E-state index >= 15 is 0 Å². The average Bonchev–Trinajstić information content (AvgIpc) is 2.35. The largest absolute Gasteiger partial charge is 0.456 e. The lowest BCUT2D eigenvalue weighted by Gasteiger charge is -2.27. The molecule has 0 unspecified atom stereocenters. The van der Waals surface area contributed by atoms with E-state index < -0.39 is 30.4 Å². The molecule has 0 amide bonds. The molecule has 0 fully saturated rings. The molecule has 0 radical (unpaired) electrons. The second-order valence-corrected chi connectivity index (χ2v) is 3.48. The number of hydrogen-bond donors (Lipinski definition) is 1. The van der Waals surface area contributed by atoms with E-state index in [1.165, 1.54) is 0 Å². The molecule has 0 aliphatic heterocycles. The lowest BCUT2D eigenvalue weighted by atomic mass is 10.4. The molecule has 104 valence electrons. The summed E-state index contributed by atoms with van der Waals surface area (Å²) in [6.45, 7) is 4.18. The van der Waals surface area contributed by atoms with Gasteiger partial charge in [0.25, 0.3) is 0 Å². The predicted octanol–water partition coefficient (Wildman–Crippen LogP) is 0.458. The molecule has 0 aromatic heterocycles. The van der Waals surface area contributed by atoms with Gasteiger partial charge in [-0.15, -0.1) is 0 Å². The maximum absolute atomic E-state index is 11.2. The fourth-order valence-electron chi connectivity index (χ4n) is 0.893. The molecule has 0 aromatic rings. The summed E-state index contributed by atoms with van der Waals surface area (Å²) < 4.78 is 14.3. The summed E-state index contributed by atoms with van der Waals surface area (Å²) in [5.41, 5.74) is 5.59.